The maximum atomic E-state index is 5.48. The number of methoxy groups -OCH3 is 1. The van der Waals surface area contributed by atoms with Gasteiger partial charge in [0.1, 0.15) is 5.75 Å². The number of rotatable bonds is 4. The molecule has 2 rings (SSSR count). The second-order valence-corrected chi connectivity index (χ2v) is 4.85. The van der Waals surface area contributed by atoms with Crippen LogP contribution in [-0.4, -0.2) is 38.7 Å². The Morgan fingerprint density at radius 1 is 1.35 bits per heavy atom. The van der Waals surface area contributed by atoms with Crippen LogP contribution in [0.15, 0.2) is 24.3 Å². The van der Waals surface area contributed by atoms with E-state index in [2.05, 4.69) is 36.4 Å². The minimum atomic E-state index is 0.383. The molecule has 1 aromatic carbocycles. The van der Waals surface area contributed by atoms with Gasteiger partial charge in [0.05, 0.1) is 13.2 Å². The van der Waals surface area contributed by atoms with Crippen LogP contribution < -0.4 is 10.1 Å². The zero-order valence-corrected chi connectivity index (χ0v) is 10.9. The summed E-state index contributed by atoms with van der Waals surface area (Å²) in [5.41, 5.74) is 1.28. The molecule has 0 aromatic heterocycles. The summed E-state index contributed by atoms with van der Waals surface area (Å²) in [4.78, 5) is 2.28. The maximum Gasteiger partial charge on any atom is 0.123 e. The van der Waals surface area contributed by atoms with E-state index >= 15 is 0 Å². The van der Waals surface area contributed by atoms with E-state index < -0.39 is 0 Å². The van der Waals surface area contributed by atoms with Gasteiger partial charge in [0.2, 0.25) is 0 Å². The SMILES string of the molecule is COc1ccccc1C(C1CCCN1)N(C)C. The molecule has 2 unspecified atom stereocenters. The van der Waals surface area contributed by atoms with Crippen molar-refractivity contribution in [3.8, 4) is 5.75 Å². The van der Waals surface area contributed by atoms with Gasteiger partial charge in [-0.25, -0.2) is 0 Å². The Hall–Kier alpha value is -1.06. The first kappa shape index (κ1) is 12.4. The van der Waals surface area contributed by atoms with Gasteiger partial charge in [-0.3, -0.25) is 0 Å². The molecule has 2 atom stereocenters. The molecule has 0 saturated carbocycles. The van der Waals surface area contributed by atoms with Crippen LogP contribution in [0.3, 0.4) is 0 Å². The zero-order chi connectivity index (χ0) is 12.3. The van der Waals surface area contributed by atoms with E-state index in [0.717, 1.165) is 12.3 Å². The van der Waals surface area contributed by atoms with Crippen molar-refractivity contribution in [2.75, 3.05) is 27.7 Å². The van der Waals surface area contributed by atoms with Crippen molar-refractivity contribution in [3.05, 3.63) is 29.8 Å². The lowest BCUT2D eigenvalue weighted by molar-refractivity contribution is 0.237. The van der Waals surface area contributed by atoms with E-state index in [1.54, 1.807) is 7.11 Å². The molecule has 0 bridgehead atoms. The van der Waals surface area contributed by atoms with E-state index in [4.69, 9.17) is 4.74 Å². The molecule has 1 aliphatic rings. The third-order valence-electron chi connectivity index (χ3n) is 3.49. The van der Waals surface area contributed by atoms with Crippen LogP contribution in [0.25, 0.3) is 0 Å². The molecule has 0 amide bonds. The largest absolute Gasteiger partial charge is 0.496 e. The van der Waals surface area contributed by atoms with Crippen LogP contribution >= 0.6 is 0 Å². The molecule has 0 radical (unpaired) electrons. The fourth-order valence-corrected chi connectivity index (χ4v) is 2.75. The van der Waals surface area contributed by atoms with Crippen LogP contribution in [0, 0.1) is 0 Å². The Kier molecular flexibility index (Phi) is 4.02. The molecule has 1 fully saturated rings. The minimum absolute atomic E-state index is 0.383. The Morgan fingerprint density at radius 2 is 2.12 bits per heavy atom. The summed E-state index contributed by atoms with van der Waals surface area (Å²) < 4.78 is 5.48. The molecule has 1 aliphatic heterocycles. The average Bonchev–Trinajstić information content (AvgIpc) is 2.83. The van der Waals surface area contributed by atoms with Crippen LogP contribution in [0.2, 0.25) is 0 Å². The van der Waals surface area contributed by atoms with Gasteiger partial charge in [-0.05, 0) is 39.5 Å². The van der Waals surface area contributed by atoms with E-state index in [1.807, 2.05) is 12.1 Å². The van der Waals surface area contributed by atoms with Gasteiger partial charge in [-0.1, -0.05) is 18.2 Å². The van der Waals surface area contributed by atoms with E-state index in [-0.39, 0.29) is 0 Å². The lowest BCUT2D eigenvalue weighted by Gasteiger charge is -2.31. The van der Waals surface area contributed by atoms with Crippen LogP contribution in [0.4, 0.5) is 0 Å². The number of para-hydroxylation sites is 1. The van der Waals surface area contributed by atoms with E-state index in [1.165, 1.54) is 18.4 Å². The van der Waals surface area contributed by atoms with Crippen LogP contribution in [0.1, 0.15) is 24.4 Å². The van der Waals surface area contributed by atoms with Crippen LogP contribution in [-0.2, 0) is 0 Å². The number of hydrogen-bond donors (Lipinski definition) is 1. The fraction of sp³-hybridized carbons (Fsp3) is 0.571. The predicted octanol–water partition coefficient (Wildman–Crippen LogP) is 2.05. The summed E-state index contributed by atoms with van der Waals surface area (Å²) in [6.07, 6.45) is 2.51. The summed E-state index contributed by atoms with van der Waals surface area (Å²) in [6, 6.07) is 9.24. The number of nitrogens with zero attached hydrogens (tertiary/aromatic N) is 1. The summed E-state index contributed by atoms with van der Waals surface area (Å²) >= 11 is 0. The van der Waals surface area contributed by atoms with Crippen molar-refractivity contribution in [2.45, 2.75) is 24.9 Å². The first-order valence-electron chi connectivity index (χ1n) is 6.26. The van der Waals surface area contributed by atoms with E-state index in [9.17, 15) is 0 Å². The van der Waals surface area contributed by atoms with Gasteiger partial charge >= 0.3 is 0 Å². The Balaban J connectivity index is 2.31. The first-order valence-corrected chi connectivity index (χ1v) is 6.26. The van der Waals surface area contributed by atoms with Crippen molar-refractivity contribution in [1.29, 1.82) is 0 Å². The number of hydrogen-bond acceptors (Lipinski definition) is 3. The number of nitrogens with one attached hydrogen (secondary N) is 1. The van der Waals surface area contributed by atoms with Gasteiger partial charge in [-0.2, -0.15) is 0 Å². The zero-order valence-electron chi connectivity index (χ0n) is 10.9. The highest BCUT2D eigenvalue weighted by Crippen LogP contribution is 2.33. The Morgan fingerprint density at radius 3 is 2.71 bits per heavy atom. The summed E-state index contributed by atoms with van der Waals surface area (Å²) in [5, 5.41) is 3.59. The van der Waals surface area contributed by atoms with Crippen molar-refractivity contribution >= 4 is 0 Å². The van der Waals surface area contributed by atoms with Crippen molar-refractivity contribution in [1.82, 2.24) is 10.2 Å². The second kappa shape index (κ2) is 5.52. The monoisotopic (exact) mass is 234 g/mol. The number of likely N-dealkylation sites (N-methyl/N-ethyl adjacent to an activating group) is 1. The topological polar surface area (TPSA) is 24.5 Å². The Bertz CT molecular complexity index is 359. The number of benzene rings is 1. The molecular weight excluding hydrogens is 212 g/mol. The molecule has 1 heterocycles. The molecule has 0 spiro atoms. The summed E-state index contributed by atoms with van der Waals surface area (Å²) in [7, 11) is 6.02. The molecule has 1 saturated heterocycles. The van der Waals surface area contributed by atoms with Gasteiger partial charge < -0.3 is 15.0 Å². The highest BCUT2D eigenvalue weighted by atomic mass is 16.5. The Labute approximate surface area is 104 Å². The van der Waals surface area contributed by atoms with Crippen LogP contribution in [0.5, 0.6) is 5.75 Å². The predicted molar refractivity (Wildman–Crippen MR) is 70.4 cm³/mol. The standard InChI is InChI=1S/C14H22N2O/c1-16(2)14(12-8-6-10-15-12)11-7-4-5-9-13(11)17-3/h4-5,7,9,12,14-15H,6,8,10H2,1-3H3. The lowest BCUT2D eigenvalue weighted by Crippen LogP contribution is -2.37. The molecule has 1 N–H and O–H groups in total. The van der Waals surface area contributed by atoms with Crippen molar-refractivity contribution in [2.24, 2.45) is 0 Å². The molecule has 17 heavy (non-hydrogen) atoms. The minimum Gasteiger partial charge on any atom is -0.496 e. The second-order valence-electron chi connectivity index (χ2n) is 4.85. The lowest BCUT2D eigenvalue weighted by atomic mass is 9.96. The molecular formula is C14H22N2O. The smallest absolute Gasteiger partial charge is 0.123 e. The van der Waals surface area contributed by atoms with Crippen molar-refractivity contribution in [3.63, 3.8) is 0 Å². The average molecular weight is 234 g/mol. The van der Waals surface area contributed by atoms with E-state index in [0.29, 0.717) is 12.1 Å². The number of ether oxygens (including phenoxy) is 1. The summed E-state index contributed by atoms with van der Waals surface area (Å²) in [5.74, 6) is 0.986. The normalized spacial score (nSPS) is 21.8. The molecule has 3 heteroatoms. The van der Waals surface area contributed by atoms with Gasteiger partial charge in [0.15, 0.2) is 0 Å². The van der Waals surface area contributed by atoms with Gasteiger partial charge in [0, 0.05) is 11.6 Å². The quantitative estimate of drug-likeness (QED) is 0.863. The molecule has 94 valence electrons. The fourth-order valence-electron chi connectivity index (χ4n) is 2.75. The van der Waals surface area contributed by atoms with Gasteiger partial charge in [-0.15, -0.1) is 0 Å². The first-order chi connectivity index (χ1) is 8.24. The third kappa shape index (κ3) is 2.61. The molecule has 1 aromatic rings. The third-order valence-corrected chi connectivity index (χ3v) is 3.49. The molecule has 3 nitrogen and oxygen atoms in total. The summed E-state index contributed by atoms with van der Waals surface area (Å²) in [6.45, 7) is 1.13. The maximum absolute atomic E-state index is 5.48. The highest BCUT2D eigenvalue weighted by molar-refractivity contribution is 5.37. The van der Waals surface area contributed by atoms with Gasteiger partial charge in [0.25, 0.3) is 0 Å². The molecule has 0 aliphatic carbocycles. The van der Waals surface area contributed by atoms with Crippen molar-refractivity contribution < 1.29 is 4.74 Å². The highest BCUT2D eigenvalue weighted by Gasteiger charge is 2.29.